The van der Waals surface area contributed by atoms with Crippen molar-refractivity contribution in [2.24, 2.45) is 5.92 Å². The van der Waals surface area contributed by atoms with E-state index in [1.807, 2.05) is 0 Å². The highest BCUT2D eigenvalue weighted by atomic mass is 79.9. The van der Waals surface area contributed by atoms with Gasteiger partial charge >= 0.3 is 0 Å². The number of benzene rings is 1. The van der Waals surface area contributed by atoms with Crippen molar-refractivity contribution in [3.63, 3.8) is 0 Å². The Morgan fingerprint density at radius 2 is 2.26 bits per heavy atom. The van der Waals surface area contributed by atoms with Gasteiger partial charge in [0.15, 0.2) is 0 Å². The second kappa shape index (κ2) is 6.10. The number of nitrogens with zero attached hydrogens (tertiary/aromatic N) is 1. The molecule has 0 aliphatic carbocycles. The van der Waals surface area contributed by atoms with Gasteiger partial charge in [-0.25, -0.2) is 12.7 Å². The van der Waals surface area contributed by atoms with E-state index in [0.717, 1.165) is 10.9 Å². The van der Waals surface area contributed by atoms with Gasteiger partial charge in [-0.05, 0) is 30.5 Å². The fourth-order valence-electron chi connectivity index (χ4n) is 2.04. The lowest BCUT2D eigenvalue weighted by atomic mass is 10.1. The highest BCUT2D eigenvalue weighted by Crippen LogP contribution is 2.28. The first-order valence-corrected chi connectivity index (χ1v) is 8.51. The Balaban J connectivity index is 2.20. The van der Waals surface area contributed by atoms with Crippen LogP contribution in [-0.2, 0) is 14.8 Å². The second-order valence-electron chi connectivity index (χ2n) is 4.59. The van der Waals surface area contributed by atoms with Crippen LogP contribution in [0.3, 0.4) is 0 Å². The summed E-state index contributed by atoms with van der Waals surface area (Å²) < 4.78 is 32.2. The predicted molar refractivity (Wildman–Crippen MR) is 77.9 cm³/mol. The fraction of sp³-hybridized carbons (Fsp3) is 0.500. The van der Waals surface area contributed by atoms with Crippen LogP contribution in [0.15, 0.2) is 27.6 Å². The number of sulfonamides is 1. The van der Waals surface area contributed by atoms with E-state index in [1.54, 1.807) is 19.2 Å². The maximum Gasteiger partial charge on any atom is 0.244 e. The van der Waals surface area contributed by atoms with E-state index in [4.69, 9.17) is 16.3 Å². The molecule has 19 heavy (non-hydrogen) atoms. The minimum atomic E-state index is -3.55. The minimum Gasteiger partial charge on any atom is -0.381 e. The number of ether oxygens (including phenoxy) is 1. The molecular weight excluding hydrogens is 354 g/mol. The first-order valence-electron chi connectivity index (χ1n) is 5.90. The van der Waals surface area contributed by atoms with Crippen LogP contribution in [0.4, 0.5) is 0 Å². The van der Waals surface area contributed by atoms with E-state index < -0.39 is 10.0 Å². The zero-order valence-corrected chi connectivity index (χ0v) is 13.6. The van der Waals surface area contributed by atoms with Crippen LogP contribution in [0, 0.1) is 5.92 Å². The lowest BCUT2D eigenvalue weighted by Gasteiger charge is -2.20. The van der Waals surface area contributed by atoms with Gasteiger partial charge in [-0.2, -0.15) is 0 Å². The monoisotopic (exact) mass is 367 g/mol. The Morgan fingerprint density at radius 3 is 2.84 bits per heavy atom. The molecular formula is C12H15BrClNO3S. The first kappa shape index (κ1) is 15.3. The maximum absolute atomic E-state index is 12.4. The summed E-state index contributed by atoms with van der Waals surface area (Å²) in [7, 11) is -1.97. The van der Waals surface area contributed by atoms with Crippen LogP contribution in [0.25, 0.3) is 0 Å². The number of hydrogen-bond acceptors (Lipinski definition) is 3. The van der Waals surface area contributed by atoms with Gasteiger partial charge in [-0.15, -0.1) is 0 Å². The third-order valence-electron chi connectivity index (χ3n) is 3.12. The molecule has 1 saturated heterocycles. The molecule has 2 rings (SSSR count). The molecule has 1 unspecified atom stereocenters. The number of rotatable bonds is 4. The summed E-state index contributed by atoms with van der Waals surface area (Å²) in [4.78, 5) is 0.138. The fourth-order valence-corrected chi connectivity index (χ4v) is 4.30. The van der Waals surface area contributed by atoms with Gasteiger partial charge in [-0.3, -0.25) is 0 Å². The molecule has 106 valence electrons. The Labute approximate surface area is 126 Å². The van der Waals surface area contributed by atoms with Crippen LogP contribution in [0.5, 0.6) is 0 Å². The summed E-state index contributed by atoms with van der Waals surface area (Å²) in [5.74, 6) is 0.258. The highest BCUT2D eigenvalue weighted by molar-refractivity contribution is 9.10. The van der Waals surface area contributed by atoms with Crippen LogP contribution in [0.2, 0.25) is 5.02 Å². The van der Waals surface area contributed by atoms with Crippen molar-refractivity contribution in [2.45, 2.75) is 11.3 Å². The van der Waals surface area contributed by atoms with Crippen molar-refractivity contribution in [1.29, 1.82) is 0 Å². The normalized spacial score (nSPS) is 20.1. The average Bonchev–Trinajstić information content (AvgIpc) is 2.81. The molecule has 0 saturated carbocycles. The van der Waals surface area contributed by atoms with Gasteiger partial charge < -0.3 is 4.74 Å². The van der Waals surface area contributed by atoms with Gasteiger partial charge in [0.25, 0.3) is 0 Å². The molecule has 1 aromatic rings. The van der Waals surface area contributed by atoms with E-state index in [0.29, 0.717) is 19.8 Å². The van der Waals surface area contributed by atoms with Gasteiger partial charge in [0.2, 0.25) is 10.0 Å². The molecule has 7 heteroatoms. The van der Waals surface area contributed by atoms with Crippen LogP contribution >= 0.6 is 27.5 Å². The first-order chi connectivity index (χ1) is 8.91. The topological polar surface area (TPSA) is 46.6 Å². The smallest absolute Gasteiger partial charge is 0.244 e. The SMILES string of the molecule is CN(CC1CCOC1)S(=O)(=O)c1ccc(Br)cc1Cl. The molecule has 1 aliphatic heterocycles. The van der Waals surface area contributed by atoms with Crippen LogP contribution in [0.1, 0.15) is 6.42 Å². The lowest BCUT2D eigenvalue weighted by molar-refractivity contribution is 0.182. The quantitative estimate of drug-likeness (QED) is 0.821. The van der Waals surface area contributed by atoms with Gasteiger partial charge in [0.05, 0.1) is 11.6 Å². The number of halogens is 2. The number of hydrogen-bond donors (Lipinski definition) is 0. The summed E-state index contributed by atoms with van der Waals surface area (Å²) in [6, 6.07) is 4.77. The summed E-state index contributed by atoms with van der Waals surface area (Å²) >= 11 is 9.28. The predicted octanol–water partition coefficient (Wildman–Crippen LogP) is 2.76. The molecule has 1 aromatic carbocycles. The zero-order valence-electron chi connectivity index (χ0n) is 10.5. The molecule has 0 amide bonds. The van der Waals surface area contributed by atoms with Gasteiger partial charge in [-0.1, -0.05) is 27.5 Å². The van der Waals surface area contributed by atoms with Crippen LogP contribution < -0.4 is 0 Å². The standard InChI is InChI=1S/C12H15BrClNO3S/c1-15(7-9-4-5-18-8-9)19(16,17)12-3-2-10(13)6-11(12)14/h2-3,6,9H,4-5,7-8H2,1H3. The Morgan fingerprint density at radius 1 is 1.53 bits per heavy atom. The molecule has 1 atom stereocenters. The van der Waals surface area contributed by atoms with Crippen molar-refractivity contribution < 1.29 is 13.2 Å². The molecule has 0 N–H and O–H groups in total. The van der Waals surface area contributed by atoms with Crippen molar-refractivity contribution in [3.05, 3.63) is 27.7 Å². The third-order valence-corrected chi connectivity index (χ3v) is 5.92. The zero-order chi connectivity index (χ0) is 14.0. The summed E-state index contributed by atoms with van der Waals surface area (Å²) in [5, 5.41) is 0.226. The Bertz CT molecular complexity index is 558. The van der Waals surface area contributed by atoms with Crippen LogP contribution in [-0.4, -0.2) is 39.5 Å². The third kappa shape index (κ3) is 3.49. The van der Waals surface area contributed by atoms with E-state index in [1.165, 1.54) is 10.4 Å². The Hall–Kier alpha value is -0.140. The highest BCUT2D eigenvalue weighted by Gasteiger charge is 2.27. The van der Waals surface area contributed by atoms with E-state index in [9.17, 15) is 8.42 Å². The van der Waals surface area contributed by atoms with Crippen molar-refractivity contribution >= 4 is 37.6 Å². The molecule has 4 nitrogen and oxygen atoms in total. The molecule has 1 fully saturated rings. The molecule has 1 heterocycles. The molecule has 1 aliphatic rings. The maximum atomic E-state index is 12.4. The van der Waals surface area contributed by atoms with E-state index in [-0.39, 0.29) is 15.8 Å². The second-order valence-corrected chi connectivity index (χ2v) is 7.93. The van der Waals surface area contributed by atoms with Gasteiger partial charge in [0.1, 0.15) is 4.90 Å². The molecule has 0 bridgehead atoms. The van der Waals surface area contributed by atoms with E-state index in [2.05, 4.69) is 15.9 Å². The van der Waals surface area contributed by atoms with Crippen molar-refractivity contribution in [3.8, 4) is 0 Å². The Kier molecular flexibility index (Phi) is 4.89. The van der Waals surface area contributed by atoms with Crippen molar-refractivity contribution in [1.82, 2.24) is 4.31 Å². The largest absolute Gasteiger partial charge is 0.381 e. The summed E-state index contributed by atoms with van der Waals surface area (Å²) in [6.45, 7) is 1.78. The van der Waals surface area contributed by atoms with Crippen molar-refractivity contribution in [2.75, 3.05) is 26.8 Å². The molecule has 0 radical (unpaired) electrons. The van der Waals surface area contributed by atoms with Gasteiger partial charge in [0, 0.05) is 24.7 Å². The summed E-state index contributed by atoms with van der Waals surface area (Å²) in [5.41, 5.74) is 0. The summed E-state index contributed by atoms with van der Waals surface area (Å²) in [6.07, 6.45) is 0.897. The van der Waals surface area contributed by atoms with E-state index >= 15 is 0 Å². The lowest BCUT2D eigenvalue weighted by Crippen LogP contribution is -2.32. The molecule has 0 spiro atoms. The average molecular weight is 369 g/mol. The minimum absolute atomic E-state index is 0.138. The molecule has 0 aromatic heterocycles.